The van der Waals surface area contributed by atoms with Gasteiger partial charge in [0.15, 0.2) is 5.78 Å². The van der Waals surface area contributed by atoms with E-state index in [0.29, 0.717) is 42.1 Å². The summed E-state index contributed by atoms with van der Waals surface area (Å²) in [6.07, 6.45) is 0.520. The molecular weight excluding hydrogens is 403 g/mol. The van der Waals surface area contributed by atoms with Gasteiger partial charge in [0.25, 0.3) is 5.91 Å². The maximum Gasteiger partial charge on any atom is 0.354 e. The van der Waals surface area contributed by atoms with Crippen molar-refractivity contribution in [1.82, 2.24) is 9.47 Å². The highest BCUT2D eigenvalue weighted by atomic mass is 19.1. The second kappa shape index (κ2) is 10.9. The average Bonchev–Trinajstić information content (AvgIpc) is 3.01. The Balaban J connectivity index is 2.38. The second-order valence-corrected chi connectivity index (χ2v) is 7.18. The Morgan fingerprint density at radius 2 is 1.87 bits per heavy atom. The van der Waals surface area contributed by atoms with Crippen LogP contribution in [-0.4, -0.2) is 61.0 Å². The molecular formula is C23H29FN2O5. The molecule has 0 saturated heterocycles. The van der Waals surface area contributed by atoms with E-state index in [4.69, 9.17) is 9.47 Å². The molecule has 0 N–H and O–H groups in total. The molecule has 0 bridgehead atoms. The maximum atomic E-state index is 13.6. The third-order valence-electron chi connectivity index (χ3n) is 5.21. The van der Waals surface area contributed by atoms with Crippen molar-refractivity contribution in [3.63, 3.8) is 0 Å². The lowest BCUT2D eigenvalue weighted by Gasteiger charge is -2.22. The molecule has 1 aromatic heterocycles. The number of carbonyl (C=O) groups excluding carboxylic acids is 3. The first-order chi connectivity index (χ1) is 14.8. The van der Waals surface area contributed by atoms with Gasteiger partial charge in [-0.1, -0.05) is 6.07 Å². The van der Waals surface area contributed by atoms with Crippen molar-refractivity contribution in [2.75, 3.05) is 33.9 Å². The SMILES string of the molecule is CCn1c(C)c(C(=O)CN(CCCOC)C(=O)c2cccc(F)c2)c(C)c1C(=O)OC. The summed E-state index contributed by atoms with van der Waals surface area (Å²) in [7, 11) is 2.85. The Labute approximate surface area is 181 Å². The Bertz CT molecular complexity index is 967. The summed E-state index contributed by atoms with van der Waals surface area (Å²) in [6.45, 7) is 6.31. The summed E-state index contributed by atoms with van der Waals surface area (Å²) >= 11 is 0. The zero-order chi connectivity index (χ0) is 23.1. The van der Waals surface area contributed by atoms with E-state index in [0.717, 1.165) is 6.07 Å². The first-order valence-corrected chi connectivity index (χ1v) is 10.1. The number of hydrogen-bond acceptors (Lipinski definition) is 5. The van der Waals surface area contributed by atoms with Gasteiger partial charge < -0.3 is 18.9 Å². The van der Waals surface area contributed by atoms with Crippen LogP contribution in [0.2, 0.25) is 0 Å². The molecule has 0 fully saturated rings. The highest BCUT2D eigenvalue weighted by Gasteiger charge is 2.28. The molecule has 0 aliphatic carbocycles. The van der Waals surface area contributed by atoms with Gasteiger partial charge in [-0.3, -0.25) is 9.59 Å². The number of amides is 1. The number of esters is 1. The van der Waals surface area contributed by atoms with E-state index in [1.54, 1.807) is 25.5 Å². The zero-order valence-electron chi connectivity index (χ0n) is 18.7. The molecule has 0 aliphatic rings. The summed E-state index contributed by atoms with van der Waals surface area (Å²) in [4.78, 5) is 39.9. The van der Waals surface area contributed by atoms with Gasteiger partial charge in [-0.15, -0.1) is 0 Å². The van der Waals surface area contributed by atoms with Gasteiger partial charge in [-0.25, -0.2) is 9.18 Å². The Kier molecular flexibility index (Phi) is 8.50. The fraction of sp³-hybridized carbons (Fsp3) is 0.435. The number of carbonyl (C=O) groups is 3. The van der Waals surface area contributed by atoms with E-state index in [9.17, 15) is 18.8 Å². The number of methoxy groups -OCH3 is 2. The largest absolute Gasteiger partial charge is 0.464 e. The summed E-state index contributed by atoms with van der Waals surface area (Å²) in [5.74, 6) is -1.78. The first-order valence-electron chi connectivity index (χ1n) is 10.1. The monoisotopic (exact) mass is 432 g/mol. The van der Waals surface area contributed by atoms with Gasteiger partial charge >= 0.3 is 5.97 Å². The van der Waals surface area contributed by atoms with E-state index >= 15 is 0 Å². The van der Waals surface area contributed by atoms with Crippen molar-refractivity contribution in [1.29, 1.82) is 0 Å². The molecule has 31 heavy (non-hydrogen) atoms. The predicted octanol–water partition coefficient (Wildman–Crippen LogP) is 3.41. The van der Waals surface area contributed by atoms with E-state index in [2.05, 4.69) is 0 Å². The van der Waals surface area contributed by atoms with Crippen molar-refractivity contribution < 1.29 is 28.2 Å². The number of aromatic nitrogens is 1. The highest BCUT2D eigenvalue weighted by Crippen LogP contribution is 2.24. The number of hydrogen-bond donors (Lipinski definition) is 0. The molecule has 0 spiro atoms. The van der Waals surface area contributed by atoms with Crippen LogP contribution in [0.3, 0.4) is 0 Å². The third kappa shape index (κ3) is 5.38. The van der Waals surface area contributed by atoms with Crippen LogP contribution in [0.15, 0.2) is 24.3 Å². The topological polar surface area (TPSA) is 77.8 Å². The number of benzene rings is 1. The first kappa shape index (κ1) is 24.3. The average molecular weight is 432 g/mol. The summed E-state index contributed by atoms with van der Waals surface area (Å²) < 4.78 is 25.3. The van der Waals surface area contributed by atoms with E-state index < -0.39 is 17.7 Å². The van der Waals surface area contributed by atoms with Gasteiger partial charge in [0.1, 0.15) is 11.5 Å². The van der Waals surface area contributed by atoms with Gasteiger partial charge in [0, 0.05) is 43.6 Å². The maximum absolute atomic E-state index is 13.6. The van der Waals surface area contributed by atoms with Gasteiger partial charge in [-0.05, 0) is 51.0 Å². The molecule has 0 atom stereocenters. The van der Waals surface area contributed by atoms with Crippen molar-refractivity contribution in [2.24, 2.45) is 0 Å². The quantitative estimate of drug-likeness (QED) is 0.327. The molecule has 2 rings (SSSR count). The molecule has 2 aromatic rings. The van der Waals surface area contributed by atoms with E-state index in [-0.39, 0.29) is 24.4 Å². The lowest BCUT2D eigenvalue weighted by atomic mass is 10.0. The molecule has 168 valence electrons. The highest BCUT2D eigenvalue weighted by molar-refractivity contribution is 6.06. The van der Waals surface area contributed by atoms with Crippen LogP contribution >= 0.6 is 0 Å². The van der Waals surface area contributed by atoms with Crippen LogP contribution in [0.5, 0.6) is 0 Å². The molecule has 0 unspecified atom stereocenters. The van der Waals surface area contributed by atoms with Crippen LogP contribution in [0.1, 0.15) is 55.8 Å². The van der Waals surface area contributed by atoms with Crippen molar-refractivity contribution in [3.05, 3.63) is 58.2 Å². The van der Waals surface area contributed by atoms with Crippen LogP contribution in [0, 0.1) is 19.7 Å². The van der Waals surface area contributed by atoms with Crippen LogP contribution in [0.4, 0.5) is 4.39 Å². The lowest BCUT2D eigenvalue weighted by Crippen LogP contribution is -2.37. The van der Waals surface area contributed by atoms with Gasteiger partial charge in [0.05, 0.1) is 13.7 Å². The standard InChI is InChI=1S/C23H29FN2O5/c1-6-26-16(3)20(15(2)21(26)23(29)31-5)19(27)14-25(11-8-12-30-4)22(28)17-9-7-10-18(24)13-17/h7,9-10,13H,6,8,11-12,14H2,1-5H3. The van der Waals surface area contributed by atoms with Crippen molar-refractivity contribution >= 4 is 17.7 Å². The predicted molar refractivity (Wildman–Crippen MR) is 114 cm³/mol. The summed E-state index contributed by atoms with van der Waals surface area (Å²) in [6, 6.07) is 5.37. The smallest absolute Gasteiger partial charge is 0.354 e. The Morgan fingerprint density at radius 1 is 1.16 bits per heavy atom. The molecule has 0 radical (unpaired) electrons. The molecule has 0 saturated carbocycles. The number of Topliss-reactive ketones (excluding diaryl/α,β-unsaturated/α-hetero) is 1. The van der Waals surface area contributed by atoms with Crippen LogP contribution in [-0.2, 0) is 16.0 Å². The fourth-order valence-electron chi connectivity index (χ4n) is 3.77. The minimum atomic E-state index is -0.525. The molecule has 1 aromatic carbocycles. The molecule has 1 amide bonds. The van der Waals surface area contributed by atoms with E-state index in [1.165, 1.54) is 30.2 Å². The number of nitrogens with zero attached hydrogens (tertiary/aromatic N) is 2. The molecule has 0 aliphatic heterocycles. The Hall–Kier alpha value is -3.00. The van der Waals surface area contributed by atoms with Crippen LogP contribution < -0.4 is 0 Å². The van der Waals surface area contributed by atoms with Crippen molar-refractivity contribution in [2.45, 2.75) is 33.7 Å². The minimum absolute atomic E-state index is 0.167. The third-order valence-corrected chi connectivity index (χ3v) is 5.21. The zero-order valence-corrected chi connectivity index (χ0v) is 18.7. The lowest BCUT2D eigenvalue weighted by molar-refractivity contribution is 0.0587. The second-order valence-electron chi connectivity index (χ2n) is 7.18. The number of ketones is 1. The molecule has 7 nitrogen and oxygen atoms in total. The summed E-state index contributed by atoms with van der Waals surface area (Å²) in [5, 5.41) is 0. The van der Waals surface area contributed by atoms with Gasteiger partial charge in [0.2, 0.25) is 0 Å². The summed E-state index contributed by atoms with van der Waals surface area (Å²) in [5.41, 5.74) is 2.05. The van der Waals surface area contributed by atoms with Crippen molar-refractivity contribution in [3.8, 4) is 0 Å². The number of rotatable bonds is 10. The van der Waals surface area contributed by atoms with Gasteiger partial charge in [-0.2, -0.15) is 0 Å². The number of ether oxygens (including phenoxy) is 2. The normalized spacial score (nSPS) is 10.8. The minimum Gasteiger partial charge on any atom is -0.464 e. The molecule has 8 heteroatoms. The van der Waals surface area contributed by atoms with Crippen LogP contribution in [0.25, 0.3) is 0 Å². The number of halogens is 1. The Morgan fingerprint density at radius 3 is 2.45 bits per heavy atom. The fourth-order valence-corrected chi connectivity index (χ4v) is 3.77. The molecule has 1 heterocycles. The van der Waals surface area contributed by atoms with E-state index in [1.807, 2.05) is 6.92 Å².